The van der Waals surface area contributed by atoms with Gasteiger partial charge in [-0.2, -0.15) is 0 Å². The molecule has 2 fully saturated rings. The molecule has 212 valence electrons. The Morgan fingerprint density at radius 2 is 1.93 bits per heavy atom. The first-order valence-corrected chi connectivity index (χ1v) is 13.2. The zero-order valence-electron chi connectivity index (χ0n) is 22.7. The smallest absolute Gasteiger partial charge is 0.246 e. The van der Waals surface area contributed by atoms with Crippen LogP contribution in [0.3, 0.4) is 0 Å². The molecule has 12 heteroatoms. The Bertz CT molecular complexity index is 1520. The number of benzene rings is 1. The third kappa shape index (κ3) is 5.24. The van der Waals surface area contributed by atoms with Crippen molar-refractivity contribution in [3.05, 3.63) is 72.2 Å². The minimum atomic E-state index is -0.925. The number of phenolic OH excluding ortho intramolecular Hbond substituents is 1. The maximum atomic E-state index is 15.8. The zero-order chi connectivity index (χ0) is 29.3. The van der Waals surface area contributed by atoms with Gasteiger partial charge in [-0.3, -0.25) is 19.6 Å². The van der Waals surface area contributed by atoms with Crippen LogP contribution in [0.2, 0.25) is 0 Å². The molecule has 5 rings (SSSR count). The second kappa shape index (κ2) is 11.4. The Hall–Kier alpha value is -4.74. The van der Waals surface area contributed by atoms with E-state index in [1.54, 1.807) is 4.90 Å². The van der Waals surface area contributed by atoms with Crippen molar-refractivity contribution in [3.8, 4) is 17.0 Å². The van der Waals surface area contributed by atoms with Gasteiger partial charge < -0.3 is 14.9 Å². The Labute approximate surface area is 235 Å². The second-order valence-electron chi connectivity index (χ2n) is 9.92. The highest BCUT2D eigenvalue weighted by Crippen LogP contribution is 2.44. The molecule has 1 unspecified atom stereocenters. The largest absolute Gasteiger partial charge is 0.507 e. The van der Waals surface area contributed by atoms with Gasteiger partial charge in [-0.05, 0) is 44.0 Å². The molecule has 2 amide bonds. The molecule has 0 radical (unpaired) electrons. The highest BCUT2D eigenvalue weighted by molar-refractivity contribution is 6.06. The number of hydrogen-bond donors (Lipinski definition) is 1. The van der Waals surface area contributed by atoms with Crippen LogP contribution in [0.1, 0.15) is 36.9 Å². The molecule has 3 aromatic rings. The first-order chi connectivity index (χ1) is 19.8. The average Bonchev–Trinajstić information content (AvgIpc) is 3.81. The summed E-state index contributed by atoms with van der Waals surface area (Å²) in [5, 5.41) is 10.4. The molecule has 3 heterocycles. The van der Waals surface area contributed by atoms with Gasteiger partial charge in [0.15, 0.2) is 17.5 Å². The van der Waals surface area contributed by atoms with Crippen LogP contribution in [0, 0.1) is 11.6 Å². The lowest BCUT2D eigenvalue weighted by Crippen LogP contribution is -2.55. The summed E-state index contributed by atoms with van der Waals surface area (Å²) in [5.41, 5.74) is -0.177. The van der Waals surface area contributed by atoms with E-state index in [1.165, 1.54) is 37.7 Å². The predicted octanol–water partition coefficient (Wildman–Crippen LogP) is 3.79. The average molecular weight is 562 g/mol. The van der Waals surface area contributed by atoms with Crippen LogP contribution in [0.5, 0.6) is 5.75 Å². The summed E-state index contributed by atoms with van der Waals surface area (Å²) in [6.45, 7) is 6.55. The molecule has 0 spiro atoms. The SMILES string of the molecule is C=CC(=O)N1CCN(/C(=N/C)c2cc(F)c(-c3c(O)cccc3F)nc2N(C=O)c2nccnc2C2CC2)C(C)C1. The monoisotopic (exact) mass is 561 g/mol. The Balaban J connectivity index is 1.69. The number of hydrogen-bond acceptors (Lipinski definition) is 7. The van der Waals surface area contributed by atoms with Gasteiger partial charge in [0.2, 0.25) is 12.3 Å². The molecule has 1 N–H and O–H groups in total. The van der Waals surface area contributed by atoms with Crippen molar-refractivity contribution >= 4 is 29.8 Å². The number of aromatic hydroxyl groups is 1. The van der Waals surface area contributed by atoms with Crippen molar-refractivity contribution in [1.82, 2.24) is 24.8 Å². The Morgan fingerprint density at radius 3 is 2.56 bits per heavy atom. The quantitative estimate of drug-likeness (QED) is 0.202. The van der Waals surface area contributed by atoms with Crippen molar-refractivity contribution in [2.45, 2.75) is 31.7 Å². The first-order valence-electron chi connectivity index (χ1n) is 13.2. The number of nitrogens with zero attached hydrogens (tertiary/aromatic N) is 7. The fourth-order valence-corrected chi connectivity index (χ4v) is 5.13. The molecule has 10 nitrogen and oxygen atoms in total. The number of amidine groups is 1. The van der Waals surface area contributed by atoms with Gasteiger partial charge in [-0.25, -0.2) is 23.6 Å². The normalized spacial score (nSPS) is 17.4. The van der Waals surface area contributed by atoms with Gasteiger partial charge in [-0.15, -0.1) is 0 Å². The summed E-state index contributed by atoms with van der Waals surface area (Å²) in [7, 11) is 1.53. The number of aliphatic imine (C=N–C) groups is 1. The molecule has 0 bridgehead atoms. The lowest BCUT2D eigenvalue weighted by atomic mass is 10.0. The summed E-state index contributed by atoms with van der Waals surface area (Å²) in [4.78, 5) is 47.4. The van der Waals surface area contributed by atoms with E-state index in [4.69, 9.17) is 0 Å². The number of piperazine rings is 1. The van der Waals surface area contributed by atoms with Crippen molar-refractivity contribution < 1.29 is 23.5 Å². The van der Waals surface area contributed by atoms with Crippen LogP contribution in [0.15, 0.2) is 54.3 Å². The van der Waals surface area contributed by atoms with E-state index in [9.17, 15) is 19.1 Å². The number of pyridine rings is 1. The van der Waals surface area contributed by atoms with Gasteiger partial charge in [0.25, 0.3) is 0 Å². The van der Waals surface area contributed by atoms with Crippen LogP contribution in [0.4, 0.5) is 20.4 Å². The highest BCUT2D eigenvalue weighted by Gasteiger charge is 2.35. The van der Waals surface area contributed by atoms with Crippen molar-refractivity contribution in [3.63, 3.8) is 0 Å². The number of phenols is 1. The van der Waals surface area contributed by atoms with Gasteiger partial charge in [0.05, 0.1) is 16.8 Å². The van der Waals surface area contributed by atoms with Crippen molar-refractivity contribution in [1.29, 1.82) is 0 Å². The molecule has 1 aromatic carbocycles. The van der Waals surface area contributed by atoms with Crippen LogP contribution in [0.25, 0.3) is 11.3 Å². The molecule has 1 aliphatic heterocycles. The summed E-state index contributed by atoms with van der Waals surface area (Å²) in [6, 6.07) is 4.49. The van der Waals surface area contributed by atoms with Gasteiger partial charge in [0, 0.05) is 51.0 Å². The molecular weight excluding hydrogens is 532 g/mol. The third-order valence-corrected chi connectivity index (χ3v) is 7.25. The standard InChI is InChI=1S/C29H29F2N7O3/c1-4-23(41)36-12-13-37(17(2)15-36)27(32-3)19-14-21(31)26(24-20(30)6-5-7-22(24)40)35-28(19)38(16-39)29-25(18-8-9-18)33-10-11-34-29/h4-7,10-11,14,16-18,40H,1,8-9,12-13,15H2,2-3H3/b32-27+. The topological polar surface area (TPSA) is 115 Å². The van der Waals surface area contributed by atoms with E-state index >= 15 is 4.39 Å². The molecule has 2 aliphatic rings. The van der Waals surface area contributed by atoms with Gasteiger partial charge in [-0.1, -0.05) is 12.6 Å². The van der Waals surface area contributed by atoms with E-state index in [2.05, 4.69) is 26.5 Å². The van der Waals surface area contributed by atoms with Crippen LogP contribution in [-0.2, 0) is 9.59 Å². The summed E-state index contributed by atoms with van der Waals surface area (Å²) in [6.07, 6.45) is 6.49. The fraction of sp³-hybridized carbons (Fsp3) is 0.310. The number of aromatic nitrogens is 3. The Kier molecular flexibility index (Phi) is 7.73. The molecule has 1 saturated carbocycles. The van der Waals surface area contributed by atoms with Gasteiger partial charge >= 0.3 is 0 Å². The molecule has 2 aromatic heterocycles. The van der Waals surface area contributed by atoms with Crippen molar-refractivity contribution in [2.75, 3.05) is 31.6 Å². The van der Waals surface area contributed by atoms with E-state index in [0.29, 0.717) is 37.6 Å². The van der Waals surface area contributed by atoms with E-state index in [-0.39, 0.29) is 35.1 Å². The molecule has 1 saturated heterocycles. The lowest BCUT2D eigenvalue weighted by Gasteiger charge is -2.41. The number of halogens is 2. The van der Waals surface area contributed by atoms with Gasteiger partial charge in [0.1, 0.15) is 23.1 Å². The van der Waals surface area contributed by atoms with E-state index in [0.717, 1.165) is 29.9 Å². The van der Waals surface area contributed by atoms with Crippen molar-refractivity contribution in [2.24, 2.45) is 4.99 Å². The van der Waals surface area contributed by atoms with Crippen LogP contribution < -0.4 is 4.90 Å². The zero-order valence-corrected chi connectivity index (χ0v) is 22.7. The molecular formula is C29H29F2N7O3. The summed E-state index contributed by atoms with van der Waals surface area (Å²) < 4.78 is 30.7. The second-order valence-corrected chi connectivity index (χ2v) is 9.92. The molecule has 1 aliphatic carbocycles. The number of rotatable bonds is 7. The fourth-order valence-electron chi connectivity index (χ4n) is 5.13. The minimum absolute atomic E-state index is 0.0566. The molecule has 1 atom stereocenters. The highest BCUT2D eigenvalue weighted by atomic mass is 19.1. The van der Waals surface area contributed by atoms with E-state index < -0.39 is 28.6 Å². The number of carbonyl (C=O) groups excluding carboxylic acids is 2. The summed E-state index contributed by atoms with van der Waals surface area (Å²) in [5.74, 6) is -1.92. The maximum Gasteiger partial charge on any atom is 0.246 e. The first kappa shape index (κ1) is 27.8. The number of anilines is 2. The van der Waals surface area contributed by atoms with Crippen LogP contribution in [-0.4, -0.2) is 80.7 Å². The summed E-state index contributed by atoms with van der Waals surface area (Å²) >= 11 is 0. The Morgan fingerprint density at radius 1 is 1.17 bits per heavy atom. The number of amides is 2. The minimum Gasteiger partial charge on any atom is -0.507 e. The lowest BCUT2D eigenvalue weighted by molar-refractivity contribution is -0.128. The maximum absolute atomic E-state index is 15.8. The third-order valence-electron chi connectivity index (χ3n) is 7.25. The predicted molar refractivity (Wildman–Crippen MR) is 149 cm³/mol. The number of carbonyl (C=O) groups is 2. The van der Waals surface area contributed by atoms with E-state index in [1.807, 2.05) is 11.8 Å². The molecule has 41 heavy (non-hydrogen) atoms. The van der Waals surface area contributed by atoms with Crippen LogP contribution >= 0.6 is 0 Å².